The Morgan fingerprint density at radius 1 is 1.16 bits per heavy atom. The molecule has 0 aliphatic heterocycles. The number of benzene rings is 2. The van der Waals surface area contributed by atoms with E-state index in [4.69, 9.17) is 4.74 Å². The molecule has 0 aromatic heterocycles. The fourth-order valence-electron chi connectivity index (χ4n) is 2.20. The van der Waals surface area contributed by atoms with Gasteiger partial charge in [0, 0.05) is 8.95 Å². The molecule has 0 saturated heterocycles. The Bertz CT molecular complexity index is 841. The van der Waals surface area contributed by atoms with Crippen molar-refractivity contribution in [2.45, 2.75) is 24.3 Å². The van der Waals surface area contributed by atoms with E-state index in [1.54, 1.807) is 19.1 Å². The molecule has 1 unspecified atom stereocenters. The van der Waals surface area contributed by atoms with Crippen molar-refractivity contribution in [2.75, 3.05) is 6.61 Å². The van der Waals surface area contributed by atoms with Crippen LogP contribution in [0.2, 0.25) is 0 Å². The number of halogens is 2. The number of sulfonamides is 1. The molecular formula is C17H17Br2NO4S. The highest BCUT2D eigenvalue weighted by molar-refractivity contribution is 9.11. The van der Waals surface area contributed by atoms with Crippen LogP contribution in [0.4, 0.5) is 0 Å². The molecule has 0 heterocycles. The minimum Gasteiger partial charge on any atom is -0.465 e. The van der Waals surface area contributed by atoms with Gasteiger partial charge in [-0.25, -0.2) is 8.42 Å². The van der Waals surface area contributed by atoms with Gasteiger partial charge in [0.25, 0.3) is 0 Å². The van der Waals surface area contributed by atoms with Gasteiger partial charge in [0.05, 0.1) is 11.5 Å². The van der Waals surface area contributed by atoms with Crippen LogP contribution in [-0.2, 0) is 26.0 Å². The lowest BCUT2D eigenvalue weighted by Gasteiger charge is -2.18. The number of hydrogen-bond acceptors (Lipinski definition) is 4. The second-order valence-corrected chi connectivity index (χ2v) is 8.64. The van der Waals surface area contributed by atoms with E-state index in [0.29, 0.717) is 8.95 Å². The molecule has 1 N–H and O–H groups in total. The molecule has 134 valence electrons. The van der Waals surface area contributed by atoms with E-state index in [-0.39, 0.29) is 17.9 Å². The molecule has 0 bridgehead atoms. The van der Waals surface area contributed by atoms with Gasteiger partial charge >= 0.3 is 5.97 Å². The number of ether oxygens (including phenoxy) is 1. The molecule has 0 radical (unpaired) electrons. The summed E-state index contributed by atoms with van der Waals surface area (Å²) in [7, 11) is -3.92. The summed E-state index contributed by atoms with van der Waals surface area (Å²) in [6.07, 6.45) is 0.199. The van der Waals surface area contributed by atoms with Gasteiger partial charge in [-0.15, -0.1) is 0 Å². The molecule has 0 fully saturated rings. The zero-order chi connectivity index (χ0) is 18.4. The smallest absolute Gasteiger partial charge is 0.324 e. The lowest BCUT2D eigenvalue weighted by atomic mass is 10.1. The summed E-state index contributed by atoms with van der Waals surface area (Å²) in [6, 6.07) is 13.0. The minimum absolute atomic E-state index is 0.0456. The molecule has 0 spiro atoms. The van der Waals surface area contributed by atoms with E-state index < -0.39 is 22.0 Å². The zero-order valence-corrected chi connectivity index (χ0v) is 17.4. The Labute approximate surface area is 164 Å². The SMILES string of the molecule is CCOC(=O)C(Cc1ccccc1)NS(=O)(=O)c1cc(Br)ccc1Br. The van der Waals surface area contributed by atoms with E-state index >= 15 is 0 Å². The highest BCUT2D eigenvalue weighted by Crippen LogP contribution is 2.26. The summed E-state index contributed by atoms with van der Waals surface area (Å²) in [4.78, 5) is 12.3. The predicted octanol–water partition coefficient (Wildman–Crippen LogP) is 3.66. The lowest BCUT2D eigenvalue weighted by molar-refractivity contribution is -0.145. The van der Waals surface area contributed by atoms with Crippen LogP contribution in [-0.4, -0.2) is 27.0 Å². The molecular weight excluding hydrogens is 474 g/mol. The molecule has 8 heteroatoms. The van der Waals surface area contributed by atoms with Crippen LogP contribution in [0.1, 0.15) is 12.5 Å². The maximum absolute atomic E-state index is 12.7. The average molecular weight is 491 g/mol. The lowest BCUT2D eigenvalue weighted by Crippen LogP contribution is -2.43. The minimum atomic E-state index is -3.92. The van der Waals surface area contributed by atoms with Gasteiger partial charge in [-0.05, 0) is 53.0 Å². The largest absolute Gasteiger partial charge is 0.465 e. The second-order valence-electron chi connectivity index (χ2n) is 5.19. The van der Waals surface area contributed by atoms with E-state index in [1.165, 1.54) is 6.07 Å². The van der Waals surface area contributed by atoms with Gasteiger partial charge in [-0.2, -0.15) is 4.72 Å². The number of nitrogens with one attached hydrogen (secondary N) is 1. The molecule has 2 aromatic rings. The van der Waals surface area contributed by atoms with Crippen molar-refractivity contribution in [3.63, 3.8) is 0 Å². The second kappa shape index (κ2) is 8.93. The Balaban J connectivity index is 2.31. The van der Waals surface area contributed by atoms with Gasteiger partial charge in [0.2, 0.25) is 10.0 Å². The molecule has 5 nitrogen and oxygen atoms in total. The van der Waals surface area contributed by atoms with Crippen LogP contribution in [0.5, 0.6) is 0 Å². The molecule has 0 amide bonds. The Kier molecular flexibility index (Phi) is 7.18. The summed E-state index contributed by atoms with van der Waals surface area (Å²) in [6.45, 7) is 1.85. The van der Waals surface area contributed by atoms with E-state index in [9.17, 15) is 13.2 Å². The van der Waals surface area contributed by atoms with Crippen LogP contribution in [0.15, 0.2) is 62.4 Å². The third-order valence-electron chi connectivity index (χ3n) is 3.33. The van der Waals surface area contributed by atoms with E-state index in [1.807, 2.05) is 30.3 Å². The maximum atomic E-state index is 12.7. The Hall–Kier alpha value is -1.22. The molecule has 2 aromatic carbocycles. The third-order valence-corrected chi connectivity index (χ3v) is 6.29. The van der Waals surface area contributed by atoms with Gasteiger partial charge in [0.1, 0.15) is 6.04 Å². The Morgan fingerprint density at radius 2 is 1.84 bits per heavy atom. The van der Waals surface area contributed by atoms with E-state index in [0.717, 1.165) is 5.56 Å². The molecule has 2 rings (SSSR count). The number of hydrogen-bond donors (Lipinski definition) is 1. The maximum Gasteiger partial charge on any atom is 0.324 e. The molecule has 0 aliphatic carbocycles. The summed E-state index contributed by atoms with van der Waals surface area (Å²) < 4.78 is 34.0. The first-order valence-corrected chi connectivity index (χ1v) is 10.6. The molecule has 0 aliphatic rings. The predicted molar refractivity (Wildman–Crippen MR) is 103 cm³/mol. The van der Waals surface area contributed by atoms with Gasteiger partial charge in [0.15, 0.2) is 0 Å². The normalized spacial score (nSPS) is 12.6. The van der Waals surface area contributed by atoms with Crippen LogP contribution in [0.25, 0.3) is 0 Å². The molecule has 1 atom stereocenters. The first-order chi connectivity index (χ1) is 11.8. The van der Waals surface area contributed by atoms with Crippen LogP contribution >= 0.6 is 31.9 Å². The highest BCUT2D eigenvalue weighted by atomic mass is 79.9. The third kappa shape index (κ3) is 5.64. The van der Waals surface area contributed by atoms with Crippen molar-refractivity contribution >= 4 is 47.9 Å². The number of carbonyl (C=O) groups excluding carboxylic acids is 1. The Morgan fingerprint density at radius 3 is 2.48 bits per heavy atom. The fraction of sp³-hybridized carbons (Fsp3) is 0.235. The monoisotopic (exact) mass is 489 g/mol. The van der Waals surface area contributed by atoms with Crippen molar-refractivity contribution in [2.24, 2.45) is 0 Å². The number of rotatable bonds is 7. The van der Waals surface area contributed by atoms with Gasteiger partial charge < -0.3 is 4.74 Å². The van der Waals surface area contributed by atoms with Crippen LogP contribution in [0, 0.1) is 0 Å². The summed E-state index contributed by atoms with van der Waals surface area (Å²) in [5.74, 6) is -0.610. The summed E-state index contributed by atoms with van der Waals surface area (Å²) >= 11 is 6.49. The number of esters is 1. The number of carbonyl (C=O) groups is 1. The van der Waals surface area contributed by atoms with Crippen molar-refractivity contribution in [3.8, 4) is 0 Å². The van der Waals surface area contributed by atoms with Crippen molar-refractivity contribution < 1.29 is 17.9 Å². The highest BCUT2D eigenvalue weighted by Gasteiger charge is 2.28. The van der Waals surface area contributed by atoms with Crippen molar-refractivity contribution in [3.05, 3.63) is 63.0 Å². The summed E-state index contributed by atoms with van der Waals surface area (Å²) in [5.41, 5.74) is 0.830. The molecule has 25 heavy (non-hydrogen) atoms. The summed E-state index contributed by atoms with van der Waals surface area (Å²) in [5, 5.41) is 0. The first kappa shape index (κ1) is 20.1. The quantitative estimate of drug-likeness (QED) is 0.601. The molecule has 0 saturated carbocycles. The first-order valence-electron chi connectivity index (χ1n) is 7.51. The topological polar surface area (TPSA) is 72.5 Å². The van der Waals surface area contributed by atoms with Crippen molar-refractivity contribution in [1.29, 1.82) is 0 Å². The van der Waals surface area contributed by atoms with Gasteiger partial charge in [-0.3, -0.25) is 4.79 Å². The van der Waals surface area contributed by atoms with Gasteiger partial charge in [-0.1, -0.05) is 46.3 Å². The average Bonchev–Trinajstić information content (AvgIpc) is 2.57. The van der Waals surface area contributed by atoms with E-state index in [2.05, 4.69) is 36.6 Å². The zero-order valence-electron chi connectivity index (χ0n) is 13.4. The van der Waals surface area contributed by atoms with Crippen LogP contribution < -0.4 is 4.72 Å². The van der Waals surface area contributed by atoms with Crippen LogP contribution in [0.3, 0.4) is 0 Å². The fourth-order valence-corrected chi connectivity index (χ4v) is 4.89. The van der Waals surface area contributed by atoms with Crippen molar-refractivity contribution in [1.82, 2.24) is 4.72 Å². The standard InChI is InChI=1S/C17H17Br2NO4S/c1-2-24-17(21)15(10-12-6-4-3-5-7-12)20-25(22,23)16-11-13(18)8-9-14(16)19/h3-9,11,15,20H,2,10H2,1H3.